The van der Waals surface area contributed by atoms with Gasteiger partial charge in [-0.05, 0) is 6.42 Å². The van der Waals surface area contributed by atoms with Crippen molar-refractivity contribution < 1.29 is 14.4 Å². The maximum atomic E-state index is 11.5. The number of hydrogen-bond acceptors (Lipinski definition) is 3. The van der Waals surface area contributed by atoms with E-state index in [9.17, 15) is 14.4 Å². The molecule has 1 saturated heterocycles. The fourth-order valence-electron chi connectivity index (χ4n) is 2.86. The normalized spacial score (nSPS) is 44.6. The highest BCUT2D eigenvalue weighted by molar-refractivity contribution is 6.24. The molecule has 2 aliphatic rings. The van der Waals surface area contributed by atoms with Crippen molar-refractivity contribution in [2.45, 2.75) is 20.3 Å². The maximum absolute atomic E-state index is 11.5. The molecule has 1 saturated carbocycles. The van der Waals surface area contributed by atoms with Crippen LogP contribution in [0.4, 0.5) is 0 Å². The highest BCUT2D eigenvalue weighted by atomic mass is 16.2. The van der Waals surface area contributed by atoms with E-state index in [2.05, 4.69) is 5.32 Å². The lowest BCUT2D eigenvalue weighted by Crippen LogP contribution is -2.41. The molecule has 1 aliphatic carbocycles. The van der Waals surface area contributed by atoms with E-state index in [1.165, 1.54) is 0 Å². The molecular weight excluding hydrogens is 184 g/mol. The molecule has 1 heterocycles. The average molecular weight is 196 g/mol. The quantitative estimate of drug-likeness (QED) is 0.445. The Balaban J connectivity index is 2.53. The summed E-state index contributed by atoms with van der Waals surface area (Å²) in [6.45, 7) is 3.61. The van der Waals surface area contributed by atoms with Gasteiger partial charge in [0.25, 0.3) is 0 Å². The predicted molar refractivity (Wildman–Crippen MR) is 46.7 cm³/mol. The zero-order valence-corrected chi connectivity index (χ0v) is 8.09. The van der Waals surface area contributed by atoms with E-state index in [1.807, 2.05) is 6.92 Å². The Morgan fingerprint density at radius 1 is 1.57 bits per heavy atom. The summed E-state index contributed by atoms with van der Waals surface area (Å²) in [6.07, 6.45) is 0.597. The summed E-state index contributed by atoms with van der Waals surface area (Å²) >= 11 is 0. The number of carbonyl (C=O) groups is 3. The number of nitrogens with one attached hydrogen (secondary N) is 1. The first-order chi connectivity index (χ1) is 6.42. The summed E-state index contributed by atoms with van der Waals surface area (Å²) in [6, 6.07) is 0. The molecule has 2 fully saturated rings. The van der Waals surface area contributed by atoms with E-state index in [-0.39, 0.29) is 5.91 Å². The van der Waals surface area contributed by atoms with Gasteiger partial charge in [0.15, 0.2) is 0 Å². The van der Waals surface area contributed by atoms with Crippen LogP contribution in [0.15, 0.2) is 0 Å². The van der Waals surface area contributed by atoms with Gasteiger partial charge >= 0.3 is 0 Å². The fourth-order valence-corrected chi connectivity index (χ4v) is 2.86. The first kappa shape index (κ1) is 9.18. The van der Waals surface area contributed by atoms with Gasteiger partial charge in [-0.25, -0.2) is 0 Å². The number of primary amides is 1. The summed E-state index contributed by atoms with van der Waals surface area (Å²) in [7, 11) is 0. The van der Waals surface area contributed by atoms with Crippen LogP contribution in [-0.4, -0.2) is 17.7 Å². The number of imide groups is 1. The van der Waals surface area contributed by atoms with Crippen LogP contribution in [0.3, 0.4) is 0 Å². The minimum Gasteiger partial charge on any atom is -0.369 e. The molecule has 1 aliphatic heterocycles. The highest BCUT2D eigenvalue weighted by Crippen LogP contribution is 2.73. The second-order valence-electron chi connectivity index (χ2n) is 4.19. The van der Waals surface area contributed by atoms with Crippen LogP contribution in [-0.2, 0) is 14.4 Å². The number of nitrogens with two attached hydrogens (primary N) is 1. The van der Waals surface area contributed by atoms with Gasteiger partial charge in [0.1, 0.15) is 5.41 Å². The molecule has 0 spiro atoms. The molecule has 0 aromatic carbocycles. The van der Waals surface area contributed by atoms with Gasteiger partial charge in [-0.15, -0.1) is 0 Å². The van der Waals surface area contributed by atoms with Crippen LogP contribution in [0.1, 0.15) is 20.3 Å². The van der Waals surface area contributed by atoms with Gasteiger partial charge < -0.3 is 5.73 Å². The Morgan fingerprint density at radius 3 is 2.43 bits per heavy atom. The smallest absolute Gasteiger partial charge is 0.243 e. The van der Waals surface area contributed by atoms with Crippen molar-refractivity contribution in [3.8, 4) is 0 Å². The van der Waals surface area contributed by atoms with Gasteiger partial charge in [-0.3, -0.25) is 19.7 Å². The molecular formula is C9H12N2O3. The summed E-state index contributed by atoms with van der Waals surface area (Å²) in [5.74, 6) is -2.12. The zero-order valence-electron chi connectivity index (χ0n) is 8.09. The standard InChI is InChI=1S/C9H12N2O3/c1-3-8(2)4-5(12)11-7(14)9(4,8)6(10)13/h4H,3H2,1-2H3,(H2,10,13)(H,11,12,14). The highest BCUT2D eigenvalue weighted by Gasteiger charge is 2.86. The average Bonchev–Trinajstić information content (AvgIpc) is 2.56. The van der Waals surface area contributed by atoms with Crippen LogP contribution in [0.2, 0.25) is 0 Å². The maximum Gasteiger partial charge on any atom is 0.243 e. The SMILES string of the molecule is CCC1(C)C2C(=O)NC(=O)C21C(N)=O. The molecule has 5 heteroatoms. The van der Waals surface area contributed by atoms with Crippen molar-refractivity contribution >= 4 is 17.7 Å². The number of carbonyl (C=O) groups excluding carboxylic acids is 3. The topological polar surface area (TPSA) is 89.3 Å². The van der Waals surface area contributed by atoms with E-state index in [4.69, 9.17) is 5.73 Å². The molecule has 5 nitrogen and oxygen atoms in total. The molecule has 0 aromatic heterocycles. The van der Waals surface area contributed by atoms with Crippen molar-refractivity contribution in [3.05, 3.63) is 0 Å². The third-order valence-electron chi connectivity index (χ3n) is 3.87. The van der Waals surface area contributed by atoms with Crippen molar-refractivity contribution in [1.29, 1.82) is 0 Å². The van der Waals surface area contributed by atoms with E-state index >= 15 is 0 Å². The van der Waals surface area contributed by atoms with Gasteiger partial charge in [0.05, 0.1) is 5.92 Å². The Morgan fingerprint density at radius 2 is 2.14 bits per heavy atom. The van der Waals surface area contributed by atoms with Crippen LogP contribution in [0, 0.1) is 16.7 Å². The molecule has 3 N–H and O–H groups in total. The van der Waals surface area contributed by atoms with Crippen LogP contribution in [0.5, 0.6) is 0 Å². The van der Waals surface area contributed by atoms with E-state index in [0.717, 1.165) is 0 Å². The number of hydrogen-bond donors (Lipinski definition) is 2. The Bertz CT molecular complexity index is 365. The molecule has 3 atom stereocenters. The molecule has 76 valence electrons. The summed E-state index contributed by atoms with van der Waals surface area (Å²) in [5, 5.41) is 2.15. The number of amides is 3. The lowest BCUT2D eigenvalue weighted by Gasteiger charge is -2.16. The minimum absolute atomic E-state index is 0.363. The van der Waals surface area contributed by atoms with Gasteiger partial charge in [0, 0.05) is 5.41 Å². The van der Waals surface area contributed by atoms with Gasteiger partial charge in [0.2, 0.25) is 17.7 Å². The second kappa shape index (κ2) is 2.16. The summed E-state index contributed by atoms with van der Waals surface area (Å²) < 4.78 is 0. The third kappa shape index (κ3) is 0.594. The van der Waals surface area contributed by atoms with E-state index < -0.39 is 28.6 Å². The summed E-state index contributed by atoms with van der Waals surface area (Å²) in [5.41, 5.74) is 3.39. The van der Waals surface area contributed by atoms with Crippen molar-refractivity contribution in [2.75, 3.05) is 0 Å². The van der Waals surface area contributed by atoms with E-state index in [1.54, 1.807) is 6.92 Å². The summed E-state index contributed by atoms with van der Waals surface area (Å²) in [4.78, 5) is 34.2. The Hall–Kier alpha value is -1.39. The molecule has 2 rings (SSSR count). The first-order valence-corrected chi connectivity index (χ1v) is 4.58. The monoisotopic (exact) mass is 196 g/mol. The molecule has 0 radical (unpaired) electrons. The third-order valence-corrected chi connectivity index (χ3v) is 3.87. The van der Waals surface area contributed by atoms with E-state index in [0.29, 0.717) is 6.42 Å². The van der Waals surface area contributed by atoms with Crippen LogP contribution in [0.25, 0.3) is 0 Å². The minimum atomic E-state index is -1.27. The molecule has 3 amide bonds. The van der Waals surface area contributed by atoms with Gasteiger partial charge in [-0.2, -0.15) is 0 Å². The molecule has 3 unspecified atom stereocenters. The molecule has 0 bridgehead atoms. The molecule has 14 heavy (non-hydrogen) atoms. The van der Waals surface area contributed by atoms with Crippen LogP contribution >= 0.6 is 0 Å². The molecule has 0 aromatic rings. The predicted octanol–water partition coefficient (Wildman–Crippen LogP) is -0.839. The van der Waals surface area contributed by atoms with Crippen molar-refractivity contribution in [3.63, 3.8) is 0 Å². The van der Waals surface area contributed by atoms with Gasteiger partial charge in [-0.1, -0.05) is 13.8 Å². The van der Waals surface area contributed by atoms with Crippen molar-refractivity contribution in [2.24, 2.45) is 22.5 Å². The Kier molecular flexibility index (Phi) is 1.41. The fraction of sp³-hybridized carbons (Fsp3) is 0.667. The lowest BCUT2D eigenvalue weighted by atomic mass is 9.90. The first-order valence-electron chi connectivity index (χ1n) is 4.58. The van der Waals surface area contributed by atoms with Crippen LogP contribution < -0.4 is 11.1 Å². The number of rotatable bonds is 2. The Labute approximate surface area is 81.0 Å². The number of piperidine rings is 1. The second-order valence-corrected chi connectivity index (χ2v) is 4.19. The lowest BCUT2D eigenvalue weighted by molar-refractivity contribution is -0.136. The number of fused-ring (bicyclic) bond motifs is 1. The van der Waals surface area contributed by atoms with Crippen molar-refractivity contribution in [1.82, 2.24) is 5.32 Å². The largest absolute Gasteiger partial charge is 0.369 e. The zero-order chi connectivity index (χ0) is 10.7.